The third kappa shape index (κ3) is 2.13. The molecule has 0 atom stereocenters. The van der Waals surface area contributed by atoms with Crippen LogP contribution in [0.25, 0.3) is 5.82 Å². The van der Waals surface area contributed by atoms with E-state index in [2.05, 4.69) is 10.1 Å². The van der Waals surface area contributed by atoms with Crippen LogP contribution in [0.2, 0.25) is 5.02 Å². The number of nitro groups is 1. The van der Waals surface area contributed by atoms with Gasteiger partial charge in [-0.05, 0) is 6.07 Å². The SMILES string of the molecule is O=C(O)c1ccn(-c2ncc([N+](=O)[O-])cc2Cl)n1. The molecule has 0 aliphatic heterocycles. The van der Waals surface area contributed by atoms with Crippen molar-refractivity contribution in [1.82, 2.24) is 14.8 Å². The lowest BCUT2D eigenvalue weighted by atomic mass is 10.4. The molecule has 0 unspecified atom stereocenters. The number of aromatic nitrogens is 3. The summed E-state index contributed by atoms with van der Waals surface area (Å²) in [5, 5.41) is 22.9. The second-order valence-electron chi connectivity index (χ2n) is 3.21. The van der Waals surface area contributed by atoms with Gasteiger partial charge < -0.3 is 5.11 Å². The Morgan fingerprint density at radius 2 is 2.28 bits per heavy atom. The van der Waals surface area contributed by atoms with Gasteiger partial charge in [0.05, 0.1) is 9.95 Å². The summed E-state index contributed by atoms with van der Waals surface area (Å²) in [4.78, 5) is 24.3. The molecule has 0 aliphatic carbocycles. The third-order valence-electron chi connectivity index (χ3n) is 2.04. The predicted molar refractivity (Wildman–Crippen MR) is 60.0 cm³/mol. The van der Waals surface area contributed by atoms with Crippen LogP contribution >= 0.6 is 11.6 Å². The highest BCUT2D eigenvalue weighted by molar-refractivity contribution is 6.32. The quantitative estimate of drug-likeness (QED) is 0.667. The highest BCUT2D eigenvalue weighted by Crippen LogP contribution is 2.22. The molecule has 0 radical (unpaired) electrons. The molecular weight excluding hydrogens is 264 g/mol. The van der Waals surface area contributed by atoms with Crippen molar-refractivity contribution >= 4 is 23.3 Å². The molecule has 0 spiro atoms. The Bertz CT molecular complexity index is 639. The second-order valence-corrected chi connectivity index (χ2v) is 3.61. The van der Waals surface area contributed by atoms with Crippen LogP contribution in [0.5, 0.6) is 0 Å². The van der Waals surface area contributed by atoms with Crippen LogP contribution in [0.4, 0.5) is 5.69 Å². The summed E-state index contributed by atoms with van der Waals surface area (Å²) in [5.74, 6) is -1.07. The average Bonchev–Trinajstić information content (AvgIpc) is 2.78. The van der Waals surface area contributed by atoms with Gasteiger partial charge in [0.25, 0.3) is 5.69 Å². The Morgan fingerprint density at radius 1 is 1.56 bits per heavy atom. The number of rotatable bonds is 3. The number of halogens is 1. The van der Waals surface area contributed by atoms with Crippen molar-refractivity contribution in [3.8, 4) is 5.82 Å². The van der Waals surface area contributed by atoms with Crippen LogP contribution in [0, 0.1) is 10.1 Å². The zero-order valence-corrected chi connectivity index (χ0v) is 9.40. The van der Waals surface area contributed by atoms with Gasteiger partial charge in [-0.25, -0.2) is 14.5 Å². The molecule has 8 nitrogen and oxygen atoms in total. The standard InChI is InChI=1S/C9H5ClN4O4/c10-6-3-5(14(17)18)4-11-8(6)13-2-1-7(12-13)9(15)16/h1-4H,(H,15,16). The summed E-state index contributed by atoms with van der Waals surface area (Å²) >= 11 is 5.82. The Hall–Kier alpha value is -2.48. The first kappa shape index (κ1) is 12.0. The van der Waals surface area contributed by atoms with Crippen molar-refractivity contribution in [2.24, 2.45) is 0 Å². The number of hydrogen-bond acceptors (Lipinski definition) is 5. The monoisotopic (exact) mass is 268 g/mol. The maximum absolute atomic E-state index is 10.7. The van der Waals surface area contributed by atoms with Crippen LogP contribution < -0.4 is 0 Å². The molecule has 92 valence electrons. The molecule has 0 fully saturated rings. The first-order valence-electron chi connectivity index (χ1n) is 4.58. The van der Waals surface area contributed by atoms with Crippen molar-refractivity contribution < 1.29 is 14.8 Å². The minimum absolute atomic E-state index is 0.00392. The maximum Gasteiger partial charge on any atom is 0.356 e. The summed E-state index contributed by atoms with van der Waals surface area (Å²) in [6.45, 7) is 0. The first-order valence-corrected chi connectivity index (χ1v) is 4.96. The Balaban J connectivity index is 2.44. The van der Waals surface area contributed by atoms with E-state index in [4.69, 9.17) is 16.7 Å². The van der Waals surface area contributed by atoms with Crippen molar-refractivity contribution in [2.45, 2.75) is 0 Å². The fourth-order valence-corrected chi connectivity index (χ4v) is 1.49. The molecule has 0 aliphatic rings. The van der Waals surface area contributed by atoms with Crippen molar-refractivity contribution in [1.29, 1.82) is 0 Å². The molecule has 18 heavy (non-hydrogen) atoms. The van der Waals surface area contributed by atoms with Gasteiger partial charge in [0.2, 0.25) is 0 Å². The Labute approximate surface area is 105 Å². The van der Waals surface area contributed by atoms with Gasteiger partial charge in [-0.2, -0.15) is 5.10 Å². The van der Waals surface area contributed by atoms with E-state index in [9.17, 15) is 14.9 Å². The fraction of sp³-hybridized carbons (Fsp3) is 0. The third-order valence-corrected chi connectivity index (χ3v) is 2.32. The van der Waals surface area contributed by atoms with Crippen LogP contribution in [-0.4, -0.2) is 30.8 Å². The molecule has 2 aromatic heterocycles. The molecule has 2 aromatic rings. The normalized spacial score (nSPS) is 10.3. The summed E-state index contributed by atoms with van der Waals surface area (Å²) in [5.41, 5.74) is -0.430. The molecule has 0 aromatic carbocycles. The van der Waals surface area contributed by atoms with E-state index in [-0.39, 0.29) is 22.2 Å². The van der Waals surface area contributed by atoms with Gasteiger partial charge in [0.1, 0.15) is 6.20 Å². The molecule has 0 saturated carbocycles. The lowest BCUT2D eigenvalue weighted by Gasteiger charge is -2.02. The minimum atomic E-state index is -1.19. The zero-order valence-electron chi connectivity index (χ0n) is 8.65. The fourth-order valence-electron chi connectivity index (χ4n) is 1.24. The van der Waals surface area contributed by atoms with Crippen LogP contribution in [0.1, 0.15) is 10.5 Å². The molecule has 1 N–H and O–H groups in total. The average molecular weight is 269 g/mol. The molecule has 0 amide bonds. The topological polar surface area (TPSA) is 111 Å². The van der Waals surface area contributed by atoms with Crippen LogP contribution in [0.15, 0.2) is 24.5 Å². The van der Waals surface area contributed by atoms with E-state index in [1.54, 1.807) is 0 Å². The van der Waals surface area contributed by atoms with Gasteiger partial charge in [-0.3, -0.25) is 10.1 Å². The minimum Gasteiger partial charge on any atom is -0.476 e. The number of hydrogen-bond donors (Lipinski definition) is 1. The van der Waals surface area contributed by atoms with Crippen LogP contribution in [-0.2, 0) is 0 Å². The molecule has 0 bridgehead atoms. The van der Waals surface area contributed by atoms with Gasteiger partial charge in [-0.1, -0.05) is 11.6 Å². The van der Waals surface area contributed by atoms with E-state index < -0.39 is 10.9 Å². The lowest BCUT2D eigenvalue weighted by Crippen LogP contribution is -2.03. The summed E-state index contributed by atoms with van der Waals surface area (Å²) < 4.78 is 1.13. The zero-order chi connectivity index (χ0) is 13.3. The Kier molecular flexibility index (Phi) is 2.94. The number of nitrogens with zero attached hydrogens (tertiary/aromatic N) is 4. The molecular formula is C9H5ClN4O4. The number of pyridine rings is 1. The first-order chi connectivity index (χ1) is 8.49. The highest BCUT2D eigenvalue weighted by Gasteiger charge is 2.14. The smallest absolute Gasteiger partial charge is 0.356 e. The van der Waals surface area contributed by atoms with Crippen molar-refractivity contribution in [3.63, 3.8) is 0 Å². The van der Waals surface area contributed by atoms with E-state index in [0.29, 0.717) is 0 Å². The number of carboxylic acid groups (broad SMARTS) is 1. The summed E-state index contributed by atoms with van der Waals surface area (Å²) in [7, 11) is 0. The lowest BCUT2D eigenvalue weighted by molar-refractivity contribution is -0.385. The van der Waals surface area contributed by atoms with Gasteiger partial charge in [-0.15, -0.1) is 0 Å². The summed E-state index contributed by atoms with van der Waals surface area (Å²) in [6, 6.07) is 2.38. The largest absolute Gasteiger partial charge is 0.476 e. The molecule has 2 rings (SSSR count). The molecule has 9 heteroatoms. The number of aromatic carboxylic acids is 1. The van der Waals surface area contributed by atoms with Crippen LogP contribution in [0.3, 0.4) is 0 Å². The molecule has 2 heterocycles. The van der Waals surface area contributed by atoms with E-state index in [1.165, 1.54) is 12.3 Å². The highest BCUT2D eigenvalue weighted by atomic mass is 35.5. The number of carboxylic acids is 1. The summed E-state index contributed by atoms with van der Waals surface area (Å²) in [6.07, 6.45) is 2.37. The van der Waals surface area contributed by atoms with Crippen molar-refractivity contribution in [2.75, 3.05) is 0 Å². The number of carbonyl (C=O) groups is 1. The van der Waals surface area contributed by atoms with E-state index in [1.807, 2.05) is 0 Å². The van der Waals surface area contributed by atoms with Gasteiger partial charge in [0.15, 0.2) is 11.5 Å². The van der Waals surface area contributed by atoms with Crippen molar-refractivity contribution in [3.05, 3.63) is 45.4 Å². The predicted octanol–water partition coefficient (Wildman–Crippen LogP) is 1.53. The second kappa shape index (κ2) is 4.41. The van der Waals surface area contributed by atoms with Gasteiger partial charge in [0, 0.05) is 12.3 Å². The van der Waals surface area contributed by atoms with E-state index >= 15 is 0 Å². The molecule has 0 saturated heterocycles. The maximum atomic E-state index is 10.7. The van der Waals surface area contributed by atoms with Gasteiger partial charge >= 0.3 is 5.97 Å². The van der Waals surface area contributed by atoms with E-state index in [0.717, 1.165) is 16.9 Å². The Morgan fingerprint density at radius 3 is 2.78 bits per heavy atom.